The van der Waals surface area contributed by atoms with E-state index < -0.39 is 0 Å². The van der Waals surface area contributed by atoms with E-state index in [0.717, 1.165) is 43.6 Å². The van der Waals surface area contributed by atoms with Gasteiger partial charge in [-0.15, -0.1) is 0 Å². The van der Waals surface area contributed by atoms with Crippen LogP contribution in [0, 0.1) is 0 Å². The highest BCUT2D eigenvalue weighted by Gasteiger charge is 2.18. The Morgan fingerprint density at radius 3 is 3.04 bits per heavy atom. The van der Waals surface area contributed by atoms with E-state index in [9.17, 15) is 4.79 Å². The third-order valence-electron chi connectivity index (χ3n) is 4.22. The zero-order chi connectivity index (χ0) is 16.7. The average Bonchev–Trinajstić information content (AvgIpc) is 3.06. The summed E-state index contributed by atoms with van der Waals surface area (Å²) in [5.41, 5.74) is 1.05. The molecule has 1 saturated heterocycles. The normalized spacial score (nSPS) is 18.5. The van der Waals surface area contributed by atoms with Crippen LogP contribution in [-0.4, -0.2) is 43.8 Å². The first-order chi connectivity index (χ1) is 11.1. The number of ether oxygens (including phenoxy) is 2. The predicted octanol–water partition coefficient (Wildman–Crippen LogP) is 3.18. The highest BCUT2D eigenvalue weighted by atomic mass is 16.5. The number of carbonyl (C=O) groups is 1. The number of nitrogens with zero attached hydrogens (tertiary/aromatic N) is 1. The molecule has 128 valence electrons. The smallest absolute Gasteiger partial charge is 0.317 e. The van der Waals surface area contributed by atoms with E-state index in [4.69, 9.17) is 9.47 Å². The minimum absolute atomic E-state index is 0.0485. The van der Waals surface area contributed by atoms with Crippen molar-refractivity contribution in [1.29, 1.82) is 0 Å². The minimum Gasteiger partial charge on any atom is -0.497 e. The van der Waals surface area contributed by atoms with Crippen molar-refractivity contribution in [3.63, 3.8) is 0 Å². The van der Waals surface area contributed by atoms with Crippen molar-refractivity contribution in [1.82, 2.24) is 10.2 Å². The number of nitrogens with one attached hydrogen (secondary N) is 1. The fourth-order valence-electron chi connectivity index (χ4n) is 2.82. The Bertz CT molecular complexity index is 501. The summed E-state index contributed by atoms with van der Waals surface area (Å²) < 4.78 is 10.8. The minimum atomic E-state index is -0.0485. The Morgan fingerprint density at radius 2 is 2.35 bits per heavy atom. The highest BCUT2D eigenvalue weighted by molar-refractivity contribution is 5.74. The Balaban J connectivity index is 1.74. The number of hydrogen-bond donors (Lipinski definition) is 1. The average molecular weight is 320 g/mol. The van der Waals surface area contributed by atoms with E-state index in [2.05, 4.69) is 5.32 Å². The summed E-state index contributed by atoms with van der Waals surface area (Å²) in [5, 5.41) is 3.05. The maximum atomic E-state index is 12.3. The second-order valence-electron chi connectivity index (χ2n) is 6.27. The predicted molar refractivity (Wildman–Crippen MR) is 90.7 cm³/mol. The van der Waals surface area contributed by atoms with Crippen LogP contribution in [0.3, 0.4) is 0 Å². The maximum Gasteiger partial charge on any atom is 0.317 e. The van der Waals surface area contributed by atoms with E-state index in [-0.39, 0.29) is 12.1 Å². The van der Waals surface area contributed by atoms with Gasteiger partial charge < -0.3 is 19.7 Å². The number of rotatable bonds is 7. The first kappa shape index (κ1) is 17.6. The fraction of sp³-hybridized carbons (Fsp3) is 0.611. The summed E-state index contributed by atoms with van der Waals surface area (Å²) in [5.74, 6) is 0.807. The van der Waals surface area contributed by atoms with Crippen LogP contribution in [0.25, 0.3) is 0 Å². The molecule has 5 heteroatoms. The molecule has 23 heavy (non-hydrogen) atoms. The Kier molecular flexibility index (Phi) is 6.71. The van der Waals surface area contributed by atoms with Crippen molar-refractivity contribution >= 4 is 6.03 Å². The number of amides is 2. The van der Waals surface area contributed by atoms with Gasteiger partial charge in [-0.05, 0) is 50.3 Å². The number of hydrogen-bond acceptors (Lipinski definition) is 3. The molecule has 0 radical (unpaired) electrons. The van der Waals surface area contributed by atoms with Crippen LogP contribution in [0.2, 0.25) is 0 Å². The molecule has 5 nitrogen and oxygen atoms in total. The summed E-state index contributed by atoms with van der Waals surface area (Å²) in [6, 6.07) is 7.88. The molecule has 1 N–H and O–H groups in total. The Morgan fingerprint density at radius 1 is 1.52 bits per heavy atom. The first-order valence-electron chi connectivity index (χ1n) is 8.34. The zero-order valence-electron chi connectivity index (χ0n) is 14.4. The summed E-state index contributed by atoms with van der Waals surface area (Å²) >= 11 is 0. The second kappa shape index (κ2) is 8.77. The molecular weight excluding hydrogens is 292 g/mol. The number of urea groups is 1. The van der Waals surface area contributed by atoms with Crippen molar-refractivity contribution in [3.8, 4) is 5.75 Å². The molecule has 0 bridgehead atoms. The molecule has 2 unspecified atom stereocenters. The lowest BCUT2D eigenvalue weighted by atomic mass is 10.1. The summed E-state index contributed by atoms with van der Waals surface area (Å²) in [6.45, 7) is 3.49. The Labute approximate surface area is 139 Å². The second-order valence-corrected chi connectivity index (χ2v) is 6.27. The molecule has 1 aromatic rings. The van der Waals surface area contributed by atoms with Crippen LogP contribution in [0.5, 0.6) is 5.75 Å². The van der Waals surface area contributed by atoms with Crippen LogP contribution < -0.4 is 10.1 Å². The van der Waals surface area contributed by atoms with Crippen LogP contribution >= 0.6 is 0 Å². The summed E-state index contributed by atoms with van der Waals surface area (Å²) in [6.07, 6.45) is 4.65. The maximum absolute atomic E-state index is 12.3. The van der Waals surface area contributed by atoms with Gasteiger partial charge >= 0.3 is 6.03 Å². The van der Waals surface area contributed by atoms with Gasteiger partial charge in [0, 0.05) is 26.2 Å². The van der Waals surface area contributed by atoms with Gasteiger partial charge in [0.25, 0.3) is 0 Å². The molecule has 1 heterocycles. The van der Waals surface area contributed by atoms with Gasteiger partial charge in [0.15, 0.2) is 0 Å². The van der Waals surface area contributed by atoms with Crippen molar-refractivity contribution in [3.05, 3.63) is 29.8 Å². The third-order valence-corrected chi connectivity index (χ3v) is 4.22. The molecule has 1 aromatic carbocycles. The zero-order valence-corrected chi connectivity index (χ0v) is 14.4. The third kappa shape index (κ3) is 5.75. The molecule has 0 saturated carbocycles. The molecule has 1 aliphatic heterocycles. The van der Waals surface area contributed by atoms with E-state index in [1.807, 2.05) is 38.2 Å². The molecule has 2 rings (SSSR count). The number of benzene rings is 1. The van der Waals surface area contributed by atoms with Crippen molar-refractivity contribution < 1.29 is 14.3 Å². The Hall–Kier alpha value is -1.75. The number of carbonyl (C=O) groups excluding carboxylic acids is 1. The van der Waals surface area contributed by atoms with Gasteiger partial charge in [0.05, 0.1) is 13.2 Å². The topological polar surface area (TPSA) is 50.8 Å². The van der Waals surface area contributed by atoms with Crippen molar-refractivity contribution in [2.75, 3.05) is 20.8 Å². The molecule has 0 spiro atoms. The quantitative estimate of drug-likeness (QED) is 0.839. The standard InChI is InChI=1S/C18H28N2O3/c1-14(9-10-16-8-5-11-23-16)19-18(21)20(2)13-15-6-4-7-17(12-15)22-3/h4,6-7,12,14,16H,5,8-11,13H2,1-3H3,(H,19,21). The van der Waals surface area contributed by atoms with Crippen molar-refractivity contribution in [2.45, 2.75) is 51.3 Å². The van der Waals surface area contributed by atoms with Gasteiger partial charge in [0.2, 0.25) is 0 Å². The largest absolute Gasteiger partial charge is 0.497 e. The van der Waals surface area contributed by atoms with Gasteiger partial charge in [-0.2, -0.15) is 0 Å². The van der Waals surface area contributed by atoms with E-state index in [0.29, 0.717) is 12.6 Å². The van der Waals surface area contributed by atoms with Crippen LogP contribution in [0.4, 0.5) is 4.79 Å². The molecule has 2 amide bonds. The lowest BCUT2D eigenvalue weighted by Crippen LogP contribution is -2.41. The fourth-order valence-corrected chi connectivity index (χ4v) is 2.82. The van der Waals surface area contributed by atoms with Gasteiger partial charge in [-0.25, -0.2) is 4.79 Å². The van der Waals surface area contributed by atoms with Gasteiger partial charge in [0.1, 0.15) is 5.75 Å². The molecule has 0 aliphatic carbocycles. The summed E-state index contributed by atoms with van der Waals surface area (Å²) in [7, 11) is 3.45. The summed E-state index contributed by atoms with van der Waals surface area (Å²) in [4.78, 5) is 14.0. The molecule has 2 atom stereocenters. The van der Waals surface area contributed by atoms with Crippen LogP contribution in [0.1, 0.15) is 38.2 Å². The van der Waals surface area contributed by atoms with Crippen LogP contribution in [0.15, 0.2) is 24.3 Å². The van der Waals surface area contributed by atoms with Crippen molar-refractivity contribution in [2.24, 2.45) is 0 Å². The monoisotopic (exact) mass is 320 g/mol. The van der Waals surface area contributed by atoms with E-state index in [1.165, 1.54) is 0 Å². The first-order valence-corrected chi connectivity index (χ1v) is 8.34. The van der Waals surface area contributed by atoms with Crippen LogP contribution in [-0.2, 0) is 11.3 Å². The van der Waals surface area contributed by atoms with Gasteiger partial charge in [-0.1, -0.05) is 12.1 Å². The van der Waals surface area contributed by atoms with E-state index in [1.54, 1.807) is 12.0 Å². The molecule has 1 aliphatic rings. The highest BCUT2D eigenvalue weighted by Crippen LogP contribution is 2.18. The SMILES string of the molecule is COc1cccc(CN(C)C(=O)NC(C)CCC2CCCO2)c1. The lowest BCUT2D eigenvalue weighted by molar-refractivity contribution is 0.1000. The lowest BCUT2D eigenvalue weighted by Gasteiger charge is -2.22. The molecular formula is C18H28N2O3. The van der Waals surface area contributed by atoms with E-state index >= 15 is 0 Å². The molecule has 1 fully saturated rings. The van der Waals surface area contributed by atoms with Gasteiger partial charge in [-0.3, -0.25) is 0 Å². The number of methoxy groups -OCH3 is 1. The molecule has 0 aromatic heterocycles.